The monoisotopic (exact) mass is 503 g/mol. The van der Waals surface area contributed by atoms with Crippen LogP contribution >= 0.6 is 0 Å². The largest absolute Gasteiger partial charge is 0.465 e. The first-order chi connectivity index (χ1) is 17.4. The summed E-state index contributed by atoms with van der Waals surface area (Å²) in [5.41, 5.74) is -2.35. The van der Waals surface area contributed by atoms with Crippen LogP contribution in [0.3, 0.4) is 0 Å². The molecule has 2 amide bonds. The Morgan fingerprint density at radius 2 is 1.81 bits per heavy atom. The number of amides is 2. The number of carbonyl (C=O) groups excluding carboxylic acids is 3. The van der Waals surface area contributed by atoms with Gasteiger partial charge in [-0.05, 0) is 26.2 Å². The van der Waals surface area contributed by atoms with Crippen LogP contribution in [0.1, 0.15) is 26.2 Å². The number of allylic oxidation sites excluding steroid dienone is 1. The van der Waals surface area contributed by atoms with Crippen molar-refractivity contribution in [2.24, 2.45) is 11.8 Å². The van der Waals surface area contributed by atoms with Crippen molar-refractivity contribution < 1.29 is 33.7 Å². The number of esters is 1. The molecule has 5 heterocycles. The van der Waals surface area contributed by atoms with Crippen molar-refractivity contribution in [3.63, 3.8) is 0 Å². The Balaban J connectivity index is 1.49. The van der Waals surface area contributed by atoms with Gasteiger partial charge in [0.05, 0.1) is 31.3 Å². The molecule has 3 fully saturated rings. The highest BCUT2D eigenvalue weighted by Crippen LogP contribution is 2.57. The normalized spacial score (nSPS) is 37.9. The van der Waals surface area contributed by atoms with Crippen molar-refractivity contribution in [3.8, 4) is 0 Å². The van der Waals surface area contributed by atoms with Gasteiger partial charge in [-0.15, -0.1) is 0 Å². The minimum Gasteiger partial charge on any atom is -0.465 e. The van der Waals surface area contributed by atoms with Crippen molar-refractivity contribution in [2.45, 2.75) is 43.4 Å². The van der Waals surface area contributed by atoms with Crippen molar-refractivity contribution in [3.05, 3.63) is 24.3 Å². The Hall–Kier alpha value is -2.27. The fraction of sp³-hybridized carbons (Fsp3) is 0.731. The molecule has 5 aliphatic heterocycles. The fourth-order valence-electron chi connectivity index (χ4n) is 6.45. The van der Waals surface area contributed by atoms with Crippen molar-refractivity contribution in [1.29, 1.82) is 0 Å². The Morgan fingerprint density at radius 1 is 1.00 bits per heavy atom. The van der Waals surface area contributed by atoms with Crippen LogP contribution in [0.15, 0.2) is 24.3 Å². The quantitative estimate of drug-likeness (QED) is 0.398. The molecule has 1 unspecified atom stereocenters. The lowest BCUT2D eigenvalue weighted by Crippen LogP contribution is -2.56. The van der Waals surface area contributed by atoms with Crippen LogP contribution in [0.5, 0.6) is 0 Å². The number of ether oxygens (including phenoxy) is 3. The zero-order chi connectivity index (χ0) is 25.3. The van der Waals surface area contributed by atoms with E-state index in [0.717, 1.165) is 19.5 Å². The number of rotatable bonds is 6. The van der Waals surface area contributed by atoms with Gasteiger partial charge in [-0.25, -0.2) is 0 Å². The molecular weight excluding hydrogens is 466 g/mol. The number of fused-ring (bicyclic) bond motifs is 2. The van der Waals surface area contributed by atoms with E-state index in [1.54, 1.807) is 4.90 Å². The number of aliphatic hydroxyl groups is 1. The molecule has 3 saturated heterocycles. The molecule has 0 aromatic heterocycles. The molecule has 0 bridgehead atoms. The molecule has 1 spiro atoms. The summed E-state index contributed by atoms with van der Waals surface area (Å²) in [6.07, 6.45) is 9.37. The molecule has 0 aromatic carbocycles. The Labute approximate surface area is 211 Å². The molecule has 10 heteroatoms. The van der Waals surface area contributed by atoms with Gasteiger partial charge in [0, 0.05) is 45.9 Å². The van der Waals surface area contributed by atoms with E-state index in [0.29, 0.717) is 45.7 Å². The Bertz CT molecular complexity index is 932. The van der Waals surface area contributed by atoms with E-state index in [4.69, 9.17) is 14.2 Å². The van der Waals surface area contributed by atoms with Gasteiger partial charge in [0.2, 0.25) is 11.8 Å². The van der Waals surface area contributed by atoms with Gasteiger partial charge in [-0.2, -0.15) is 0 Å². The second kappa shape index (κ2) is 10.2. The first-order valence-electron chi connectivity index (χ1n) is 13.1. The number of hydrogen-bond donors (Lipinski definition) is 1. The SMILES string of the molecule is C[C@@]12/C=C\CCCOC(=O)[C@@H]1[C@H]1C(=O)N(CCCO)C3C(=O)N(CCN4CCOCC4)CC=C[C@@]31O2. The van der Waals surface area contributed by atoms with Crippen LogP contribution in [0.4, 0.5) is 0 Å². The molecule has 10 nitrogen and oxygen atoms in total. The molecule has 0 aliphatic carbocycles. The molecule has 1 N–H and O–H groups in total. The lowest BCUT2D eigenvalue weighted by molar-refractivity contribution is -0.159. The Morgan fingerprint density at radius 3 is 2.58 bits per heavy atom. The van der Waals surface area contributed by atoms with Crippen LogP contribution in [-0.4, -0.2) is 121 Å². The summed E-state index contributed by atoms with van der Waals surface area (Å²) in [7, 11) is 0. The molecular formula is C26H37N3O7. The highest BCUT2D eigenvalue weighted by molar-refractivity contribution is 5.99. The van der Waals surface area contributed by atoms with E-state index in [9.17, 15) is 19.5 Å². The van der Waals surface area contributed by atoms with Crippen LogP contribution in [-0.2, 0) is 28.6 Å². The average molecular weight is 504 g/mol. The number of carbonyl (C=O) groups is 3. The summed E-state index contributed by atoms with van der Waals surface area (Å²) in [6.45, 7) is 6.86. The van der Waals surface area contributed by atoms with Crippen molar-refractivity contribution >= 4 is 17.8 Å². The van der Waals surface area contributed by atoms with E-state index >= 15 is 0 Å². The first-order valence-corrected chi connectivity index (χ1v) is 13.1. The summed E-state index contributed by atoms with van der Waals surface area (Å²) >= 11 is 0. The van der Waals surface area contributed by atoms with Crippen LogP contribution < -0.4 is 0 Å². The minimum absolute atomic E-state index is 0.105. The smallest absolute Gasteiger partial charge is 0.313 e. The number of cyclic esters (lactones) is 1. The van der Waals surface area contributed by atoms with Gasteiger partial charge in [0.1, 0.15) is 17.6 Å². The fourth-order valence-corrected chi connectivity index (χ4v) is 6.45. The number of likely N-dealkylation sites (tertiary alicyclic amines) is 1. The second-order valence-electron chi connectivity index (χ2n) is 10.5. The summed E-state index contributed by atoms with van der Waals surface area (Å²) < 4.78 is 17.7. The highest BCUT2D eigenvalue weighted by atomic mass is 16.6. The van der Waals surface area contributed by atoms with Crippen LogP contribution in [0, 0.1) is 11.8 Å². The zero-order valence-corrected chi connectivity index (χ0v) is 21.0. The third-order valence-electron chi connectivity index (χ3n) is 8.18. The number of hydrogen-bond acceptors (Lipinski definition) is 8. The van der Waals surface area contributed by atoms with Gasteiger partial charge >= 0.3 is 5.97 Å². The lowest BCUT2D eigenvalue weighted by atomic mass is 9.74. The molecule has 5 atom stereocenters. The zero-order valence-electron chi connectivity index (χ0n) is 21.0. The van der Waals surface area contributed by atoms with E-state index in [1.807, 2.05) is 31.2 Å². The van der Waals surface area contributed by atoms with Gasteiger partial charge in [-0.3, -0.25) is 19.3 Å². The number of aliphatic hydroxyl groups excluding tert-OH is 1. The van der Waals surface area contributed by atoms with E-state index in [-0.39, 0.29) is 31.6 Å². The molecule has 0 radical (unpaired) electrons. The predicted octanol–water partition coefficient (Wildman–Crippen LogP) is -0.0365. The molecule has 36 heavy (non-hydrogen) atoms. The van der Waals surface area contributed by atoms with Gasteiger partial charge in [0.15, 0.2) is 0 Å². The third kappa shape index (κ3) is 4.27. The molecule has 0 aromatic rings. The van der Waals surface area contributed by atoms with Crippen molar-refractivity contribution in [2.75, 3.05) is 65.7 Å². The summed E-state index contributed by atoms with van der Waals surface area (Å²) in [5, 5.41) is 9.50. The summed E-state index contributed by atoms with van der Waals surface area (Å²) in [4.78, 5) is 47.0. The summed E-state index contributed by atoms with van der Waals surface area (Å²) in [6, 6.07) is -0.904. The second-order valence-corrected chi connectivity index (χ2v) is 10.5. The van der Waals surface area contributed by atoms with Gasteiger partial charge in [-0.1, -0.05) is 24.3 Å². The van der Waals surface area contributed by atoms with E-state index in [1.165, 1.54) is 4.90 Å². The maximum Gasteiger partial charge on any atom is 0.313 e. The minimum atomic E-state index is -1.28. The first kappa shape index (κ1) is 25.4. The third-order valence-corrected chi connectivity index (χ3v) is 8.18. The molecule has 5 rings (SSSR count). The number of morpholine rings is 1. The highest BCUT2D eigenvalue weighted by Gasteiger charge is 2.74. The lowest BCUT2D eigenvalue weighted by Gasteiger charge is -2.38. The van der Waals surface area contributed by atoms with Crippen LogP contribution in [0.25, 0.3) is 0 Å². The van der Waals surface area contributed by atoms with Gasteiger partial charge in [0.25, 0.3) is 0 Å². The Kier molecular flexibility index (Phi) is 7.22. The average Bonchev–Trinajstić information content (AvgIpc) is 3.22. The maximum absolute atomic E-state index is 14.1. The number of nitrogens with zero attached hydrogens (tertiary/aromatic N) is 3. The molecule has 0 saturated carbocycles. The van der Waals surface area contributed by atoms with E-state index in [2.05, 4.69) is 4.90 Å². The summed E-state index contributed by atoms with van der Waals surface area (Å²) in [5.74, 6) is -2.68. The van der Waals surface area contributed by atoms with Gasteiger partial charge < -0.3 is 29.1 Å². The molecule has 198 valence electrons. The van der Waals surface area contributed by atoms with E-state index < -0.39 is 35.0 Å². The topological polar surface area (TPSA) is 109 Å². The standard InChI is InChI=1S/C26H37N3O7/c1-25-7-3-2-4-16-35-24(33)20(25)19-22(31)29(10-6-15-30)21-23(32)28(9-5-8-26(19,21)36-25)12-11-27-13-17-34-18-14-27/h3,5,7-8,19-21,30H,2,4,6,9-18H2,1H3/b7-3-/t19-,20-,21?,25+,26-/m0/s1. The maximum atomic E-state index is 14.1. The molecule has 5 aliphatic rings. The predicted molar refractivity (Wildman–Crippen MR) is 129 cm³/mol. The van der Waals surface area contributed by atoms with Crippen molar-refractivity contribution in [1.82, 2.24) is 14.7 Å². The van der Waals surface area contributed by atoms with Crippen LogP contribution in [0.2, 0.25) is 0 Å².